The molecule has 1 atom stereocenters. The maximum atomic E-state index is 12.8. The highest BCUT2D eigenvalue weighted by Crippen LogP contribution is 2.41. The van der Waals surface area contributed by atoms with Crippen molar-refractivity contribution in [3.63, 3.8) is 0 Å². The van der Waals surface area contributed by atoms with E-state index in [4.69, 9.17) is 18.6 Å². The van der Waals surface area contributed by atoms with E-state index >= 15 is 0 Å². The van der Waals surface area contributed by atoms with Crippen LogP contribution in [0.25, 0.3) is 5.76 Å². The van der Waals surface area contributed by atoms with Gasteiger partial charge in [-0.3, -0.25) is 9.59 Å². The van der Waals surface area contributed by atoms with Gasteiger partial charge in [0, 0.05) is 19.2 Å². The summed E-state index contributed by atoms with van der Waals surface area (Å²) in [4.78, 5) is 26.9. The van der Waals surface area contributed by atoms with Crippen molar-refractivity contribution in [2.75, 3.05) is 33.5 Å². The van der Waals surface area contributed by atoms with Crippen LogP contribution >= 0.6 is 0 Å². The Labute approximate surface area is 167 Å². The predicted octanol–water partition coefficient (Wildman–Crippen LogP) is 2.43. The number of likely N-dealkylation sites (tertiary alicyclic amines) is 1. The SMILES string of the molecule is COCCN1C(=O)C(=O)C(=C(O)c2ccc3c(c2)OCCO3)[C@@H]1c1ccc(C)o1. The minimum Gasteiger partial charge on any atom is -0.507 e. The Morgan fingerprint density at radius 1 is 1.17 bits per heavy atom. The minimum atomic E-state index is -0.841. The first-order chi connectivity index (χ1) is 14.0. The highest BCUT2D eigenvalue weighted by Gasteiger charge is 2.47. The molecule has 0 spiro atoms. The third kappa shape index (κ3) is 3.36. The highest BCUT2D eigenvalue weighted by molar-refractivity contribution is 6.46. The van der Waals surface area contributed by atoms with Crippen LogP contribution in [-0.2, 0) is 14.3 Å². The molecule has 2 aromatic rings. The highest BCUT2D eigenvalue weighted by atomic mass is 16.6. The summed E-state index contributed by atoms with van der Waals surface area (Å²) in [6, 6.07) is 7.48. The second kappa shape index (κ2) is 7.63. The smallest absolute Gasteiger partial charge is 0.295 e. The number of ether oxygens (including phenoxy) is 3. The zero-order chi connectivity index (χ0) is 20.5. The summed E-state index contributed by atoms with van der Waals surface area (Å²) in [6.07, 6.45) is 0. The molecule has 1 aromatic carbocycles. The van der Waals surface area contributed by atoms with Crippen LogP contribution in [0.15, 0.2) is 40.3 Å². The van der Waals surface area contributed by atoms with Crippen molar-refractivity contribution < 1.29 is 33.3 Å². The zero-order valence-electron chi connectivity index (χ0n) is 16.1. The molecule has 2 aliphatic rings. The van der Waals surface area contributed by atoms with Gasteiger partial charge in [-0.2, -0.15) is 0 Å². The van der Waals surface area contributed by atoms with Gasteiger partial charge in [-0.1, -0.05) is 0 Å². The first kappa shape index (κ1) is 19.1. The number of carbonyl (C=O) groups excluding carboxylic acids is 2. The van der Waals surface area contributed by atoms with E-state index in [9.17, 15) is 14.7 Å². The number of aryl methyl sites for hydroxylation is 1. The monoisotopic (exact) mass is 399 g/mol. The van der Waals surface area contributed by atoms with Crippen molar-refractivity contribution in [3.05, 3.63) is 53.0 Å². The molecule has 0 bridgehead atoms. The average molecular weight is 399 g/mol. The lowest BCUT2D eigenvalue weighted by Gasteiger charge is -2.23. The Kier molecular flexibility index (Phi) is 5.02. The summed E-state index contributed by atoms with van der Waals surface area (Å²) in [5.41, 5.74) is 0.324. The Morgan fingerprint density at radius 3 is 2.62 bits per heavy atom. The molecule has 1 amide bonds. The predicted molar refractivity (Wildman–Crippen MR) is 102 cm³/mol. The summed E-state index contributed by atoms with van der Waals surface area (Å²) in [7, 11) is 1.51. The van der Waals surface area contributed by atoms with E-state index < -0.39 is 17.7 Å². The van der Waals surface area contributed by atoms with Crippen LogP contribution in [0.4, 0.5) is 0 Å². The Balaban J connectivity index is 1.82. The lowest BCUT2D eigenvalue weighted by atomic mass is 9.99. The number of methoxy groups -OCH3 is 1. The van der Waals surface area contributed by atoms with Gasteiger partial charge in [-0.15, -0.1) is 0 Å². The lowest BCUT2D eigenvalue weighted by molar-refractivity contribution is -0.140. The van der Waals surface area contributed by atoms with Crippen LogP contribution in [0.3, 0.4) is 0 Å². The van der Waals surface area contributed by atoms with Crippen molar-refractivity contribution in [1.29, 1.82) is 0 Å². The number of carbonyl (C=O) groups is 2. The first-order valence-corrected chi connectivity index (χ1v) is 9.25. The molecule has 0 aliphatic carbocycles. The van der Waals surface area contributed by atoms with E-state index in [0.29, 0.717) is 41.8 Å². The van der Waals surface area contributed by atoms with Crippen molar-refractivity contribution in [2.45, 2.75) is 13.0 Å². The van der Waals surface area contributed by atoms with Crippen molar-refractivity contribution in [1.82, 2.24) is 4.90 Å². The van der Waals surface area contributed by atoms with Gasteiger partial charge < -0.3 is 28.6 Å². The maximum absolute atomic E-state index is 12.8. The molecule has 0 saturated carbocycles. The number of ketones is 1. The second-order valence-electron chi connectivity index (χ2n) is 6.79. The van der Waals surface area contributed by atoms with Crippen LogP contribution in [0.1, 0.15) is 23.1 Å². The Bertz CT molecular complexity index is 991. The third-order valence-corrected chi connectivity index (χ3v) is 4.92. The van der Waals surface area contributed by atoms with Crippen LogP contribution in [-0.4, -0.2) is 55.2 Å². The molecule has 0 unspecified atom stereocenters. The largest absolute Gasteiger partial charge is 0.507 e. The standard InChI is InChI=1S/C21H21NO7/c1-12-3-5-15(29-12)18-17(20(24)21(25)22(18)7-8-26-2)19(23)13-4-6-14-16(11-13)28-10-9-27-14/h3-6,11,18,23H,7-10H2,1-2H3/t18-/m0/s1. The molecule has 152 valence electrons. The fraction of sp³-hybridized carbons (Fsp3) is 0.333. The van der Waals surface area contributed by atoms with Crippen LogP contribution in [0, 0.1) is 6.92 Å². The molecule has 0 radical (unpaired) electrons. The molecule has 29 heavy (non-hydrogen) atoms. The number of furan rings is 1. The van der Waals surface area contributed by atoms with E-state index in [1.54, 1.807) is 37.3 Å². The first-order valence-electron chi connectivity index (χ1n) is 9.25. The molecule has 3 heterocycles. The number of Topliss-reactive ketones (excluding diaryl/α,β-unsaturated/α-hetero) is 1. The van der Waals surface area contributed by atoms with Crippen molar-refractivity contribution in [2.24, 2.45) is 0 Å². The number of aliphatic hydroxyl groups excluding tert-OH is 1. The summed E-state index contributed by atoms with van der Waals surface area (Å²) in [5, 5.41) is 11.0. The lowest BCUT2D eigenvalue weighted by Crippen LogP contribution is -2.32. The van der Waals surface area contributed by atoms with E-state index in [2.05, 4.69) is 0 Å². The molecular weight excluding hydrogens is 378 g/mol. The van der Waals surface area contributed by atoms with E-state index in [1.807, 2.05) is 0 Å². The van der Waals surface area contributed by atoms with E-state index in [0.717, 1.165) is 0 Å². The molecule has 2 aliphatic heterocycles. The van der Waals surface area contributed by atoms with Crippen molar-refractivity contribution >= 4 is 17.4 Å². The third-order valence-electron chi connectivity index (χ3n) is 4.92. The summed E-state index contributed by atoms with van der Waals surface area (Å²) < 4.78 is 21.8. The number of fused-ring (bicyclic) bond motifs is 1. The number of aliphatic hydroxyl groups is 1. The van der Waals surface area contributed by atoms with E-state index in [-0.39, 0.29) is 24.5 Å². The van der Waals surface area contributed by atoms with Gasteiger partial charge in [0.05, 0.1) is 12.2 Å². The van der Waals surface area contributed by atoms with Gasteiger partial charge in [0.15, 0.2) is 11.5 Å². The number of benzene rings is 1. The van der Waals surface area contributed by atoms with Gasteiger partial charge in [0.1, 0.15) is 36.5 Å². The number of hydrogen-bond donors (Lipinski definition) is 1. The molecule has 8 nitrogen and oxygen atoms in total. The fourth-order valence-corrected chi connectivity index (χ4v) is 3.54. The minimum absolute atomic E-state index is 0.0304. The molecule has 4 rings (SSSR count). The molecule has 1 fully saturated rings. The molecule has 8 heteroatoms. The fourth-order valence-electron chi connectivity index (χ4n) is 3.54. The number of amides is 1. The summed E-state index contributed by atoms with van der Waals surface area (Å²) in [6.45, 7) is 3.04. The maximum Gasteiger partial charge on any atom is 0.295 e. The number of rotatable bonds is 5. The molecule has 1 aromatic heterocycles. The summed E-state index contributed by atoms with van der Waals surface area (Å²) >= 11 is 0. The van der Waals surface area contributed by atoms with Gasteiger partial charge in [-0.05, 0) is 37.3 Å². The van der Waals surface area contributed by atoms with Gasteiger partial charge in [0.25, 0.3) is 11.7 Å². The topological polar surface area (TPSA) is 98.4 Å². The zero-order valence-corrected chi connectivity index (χ0v) is 16.1. The van der Waals surface area contributed by atoms with Crippen LogP contribution in [0.2, 0.25) is 0 Å². The van der Waals surface area contributed by atoms with Crippen LogP contribution < -0.4 is 9.47 Å². The van der Waals surface area contributed by atoms with E-state index in [1.165, 1.54) is 12.0 Å². The summed E-state index contributed by atoms with van der Waals surface area (Å²) in [5.74, 6) is 0.298. The van der Waals surface area contributed by atoms with Gasteiger partial charge in [-0.25, -0.2) is 0 Å². The average Bonchev–Trinajstić information content (AvgIpc) is 3.27. The molecule has 1 saturated heterocycles. The van der Waals surface area contributed by atoms with Gasteiger partial charge >= 0.3 is 0 Å². The second-order valence-corrected chi connectivity index (χ2v) is 6.79. The Morgan fingerprint density at radius 2 is 1.93 bits per heavy atom. The van der Waals surface area contributed by atoms with Crippen LogP contribution in [0.5, 0.6) is 11.5 Å². The number of hydrogen-bond acceptors (Lipinski definition) is 7. The quantitative estimate of drug-likeness (QED) is 0.468. The molecular formula is C21H21NO7. The normalized spacial score (nSPS) is 20.3. The number of nitrogens with zero attached hydrogens (tertiary/aromatic N) is 1. The van der Waals surface area contributed by atoms with Gasteiger partial charge in [0.2, 0.25) is 0 Å². The molecule has 1 N–H and O–H groups in total. The Hall–Kier alpha value is -3.26. The van der Waals surface area contributed by atoms with Crippen molar-refractivity contribution in [3.8, 4) is 11.5 Å².